The van der Waals surface area contributed by atoms with Gasteiger partial charge in [-0.25, -0.2) is 9.97 Å². The van der Waals surface area contributed by atoms with Gasteiger partial charge in [0.15, 0.2) is 17.0 Å². The number of imidazole rings is 2. The Bertz CT molecular complexity index is 1390. The molecule has 0 spiro atoms. The smallest absolute Gasteiger partial charge is 0.229 e. The van der Waals surface area contributed by atoms with Crippen LogP contribution in [0.5, 0.6) is 0 Å². The molecular weight excluding hydrogens is 426 g/mol. The molecule has 1 aromatic carbocycles. The molecule has 5 aromatic rings. The van der Waals surface area contributed by atoms with E-state index >= 15 is 0 Å². The Balaban J connectivity index is 1.39. The number of anilines is 3. The first kappa shape index (κ1) is 19.0. The number of benzene rings is 1. The number of thiophene rings is 1. The van der Waals surface area contributed by atoms with Crippen LogP contribution in [0.25, 0.3) is 27.9 Å². The van der Waals surface area contributed by atoms with Gasteiger partial charge in [-0.05, 0) is 23.6 Å². The van der Waals surface area contributed by atoms with Crippen molar-refractivity contribution in [2.75, 3.05) is 42.3 Å². The van der Waals surface area contributed by atoms with Crippen molar-refractivity contribution >= 4 is 51.0 Å². The predicted octanol–water partition coefficient (Wildman–Crippen LogP) is 2.78. The summed E-state index contributed by atoms with van der Waals surface area (Å²) in [6.07, 6.45) is 1.79. The lowest BCUT2D eigenvalue weighted by Gasteiger charge is -2.27. The Morgan fingerprint density at radius 3 is 2.84 bits per heavy atom. The summed E-state index contributed by atoms with van der Waals surface area (Å²) in [5.74, 6) is 2.10. The normalized spacial score (nSPS) is 14.4. The lowest BCUT2D eigenvalue weighted by atomic mass is 10.3. The second kappa shape index (κ2) is 7.77. The van der Waals surface area contributed by atoms with Crippen molar-refractivity contribution in [1.29, 1.82) is 0 Å². The summed E-state index contributed by atoms with van der Waals surface area (Å²) in [4.78, 5) is 24.4. The van der Waals surface area contributed by atoms with Gasteiger partial charge in [-0.3, -0.25) is 4.57 Å². The third-order valence-electron chi connectivity index (χ3n) is 5.48. The van der Waals surface area contributed by atoms with E-state index in [1.165, 1.54) is 0 Å². The molecule has 6 rings (SSSR count). The minimum atomic E-state index is 0.452. The van der Waals surface area contributed by atoms with Gasteiger partial charge < -0.3 is 25.7 Å². The van der Waals surface area contributed by atoms with Crippen LogP contribution < -0.4 is 16.0 Å². The maximum atomic E-state index is 6.05. The van der Waals surface area contributed by atoms with Crippen LogP contribution in [0.3, 0.4) is 0 Å². The maximum Gasteiger partial charge on any atom is 0.229 e. The number of nitrogens with zero attached hydrogens (tertiary/aromatic N) is 6. The standard InChI is InChI=1S/C21H21N9OS/c22-14-2-1-3-15-17(14)26-16(25-15)10-23-19-18-20(30(12-24-18)13-4-9-32-11-13)28-21(27-19)29-5-7-31-8-6-29/h1-4,9,11-12H,5-8,10,22H2,(H,25,26)(H,23,27,28). The topological polar surface area (TPSA) is 123 Å². The van der Waals surface area contributed by atoms with Crippen molar-refractivity contribution in [2.45, 2.75) is 6.54 Å². The number of morpholine rings is 1. The number of aromatic nitrogens is 6. The first-order valence-corrected chi connectivity index (χ1v) is 11.3. The summed E-state index contributed by atoms with van der Waals surface area (Å²) in [5.41, 5.74) is 10.9. The van der Waals surface area contributed by atoms with E-state index in [1.54, 1.807) is 17.7 Å². The van der Waals surface area contributed by atoms with E-state index in [0.29, 0.717) is 42.7 Å². The fourth-order valence-electron chi connectivity index (χ4n) is 3.86. The van der Waals surface area contributed by atoms with Gasteiger partial charge in [-0.15, -0.1) is 0 Å². The van der Waals surface area contributed by atoms with Gasteiger partial charge in [0.2, 0.25) is 5.95 Å². The summed E-state index contributed by atoms with van der Waals surface area (Å²) in [7, 11) is 0. The van der Waals surface area contributed by atoms with Gasteiger partial charge in [0.1, 0.15) is 17.7 Å². The molecule has 1 aliphatic rings. The van der Waals surface area contributed by atoms with E-state index in [4.69, 9.17) is 20.4 Å². The Labute approximate surface area is 187 Å². The van der Waals surface area contributed by atoms with E-state index in [1.807, 2.05) is 34.2 Å². The van der Waals surface area contributed by atoms with Gasteiger partial charge in [0, 0.05) is 18.5 Å². The first-order chi connectivity index (χ1) is 15.8. The molecule has 5 heterocycles. The number of aromatic amines is 1. The molecule has 0 aliphatic carbocycles. The number of ether oxygens (including phenoxy) is 1. The largest absolute Gasteiger partial charge is 0.397 e. The molecule has 0 bridgehead atoms. The third-order valence-corrected chi connectivity index (χ3v) is 6.15. The van der Waals surface area contributed by atoms with Crippen LogP contribution in [-0.2, 0) is 11.3 Å². The van der Waals surface area contributed by atoms with E-state index < -0.39 is 0 Å². The quantitative estimate of drug-likeness (QED) is 0.352. The number of hydrogen-bond acceptors (Lipinski definition) is 9. The molecular formula is C21H21N9OS. The number of nitrogens with one attached hydrogen (secondary N) is 2. The number of nitrogens with two attached hydrogens (primary N) is 1. The zero-order valence-electron chi connectivity index (χ0n) is 17.2. The van der Waals surface area contributed by atoms with Crippen molar-refractivity contribution in [1.82, 2.24) is 29.5 Å². The van der Waals surface area contributed by atoms with E-state index in [0.717, 1.165) is 41.3 Å². The highest BCUT2D eigenvalue weighted by Gasteiger charge is 2.20. The molecule has 1 fully saturated rings. The van der Waals surface area contributed by atoms with E-state index in [2.05, 4.69) is 30.5 Å². The Morgan fingerprint density at radius 2 is 2.03 bits per heavy atom. The summed E-state index contributed by atoms with van der Waals surface area (Å²) in [6, 6.07) is 7.77. The SMILES string of the molecule is Nc1cccc2[nH]c(CNc3nc(N4CCOCC4)nc4c3ncn4-c3ccsc3)nc12. The van der Waals surface area contributed by atoms with Crippen LogP contribution in [0.4, 0.5) is 17.5 Å². The second-order valence-electron chi connectivity index (χ2n) is 7.52. The summed E-state index contributed by atoms with van der Waals surface area (Å²) < 4.78 is 7.49. The molecule has 1 saturated heterocycles. The zero-order chi connectivity index (χ0) is 21.5. The fourth-order valence-corrected chi connectivity index (χ4v) is 4.48. The molecule has 0 unspecified atom stereocenters. The van der Waals surface area contributed by atoms with Crippen LogP contribution in [-0.4, -0.2) is 55.8 Å². The minimum Gasteiger partial charge on any atom is -0.397 e. The molecule has 4 N–H and O–H groups in total. The fraction of sp³-hybridized carbons (Fsp3) is 0.238. The highest BCUT2D eigenvalue weighted by molar-refractivity contribution is 7.08. The van der Waals surface area contributed by atoms with Crippen molar-refractivity contribution in [3.8, 4) is 5.69 Å². The number of hydrogen-bond donors (Lipinski definition) is 3. The molecule has 0 radical (unpaired) electrons. The molecule has 10 nitrogen and oxygen atoms in total. The minimum absolute atomic E-state index is 0.452. The highest BCUT2D eigenvalue weighted by atomic mass is 32.1. The van der Waals surface area contributed by atoms with E-state index in [9.17, 15) is 0 Å². The predicted molar refractivity (Wildman–Crippen MR) is 125 cm³/mol. The number of fused-ring (bicyclic) bond motifs is 2. The lowest BCUT2D eigenvalue weighted by molar-refractivity contribution is 0.122. The third kappa shape index (κ3) is 3.31. The maximum absolute atomic E-state index is 6.05. The molecule has 1 aliphatic heterocycles. The number of rotatable bonds is 5. The second-order valence-corrected chi connectivity index (χ2v) is 8.30. The van der Waals surface area contributed by atoms with Crippen LogP contribution in [0.15, 0.2) is 41.4 Å². The molecule has 32 heavy (non-hydrogen) atoms. The van der Waals surface area contributed by atoms with Crippen LogP contribution in [0.2, 0.25) is 0 Å². The number of para-hydroxylation sites is 1. The summed E-state index contributed by atoms with van der Waals surface area (Å²) in [6.45, 7) is 3.28. The Morgan fingerprint density at radius 1 is 1.12 bits per heavy atom. The monoisotopic (exact) mass is 447 g/mol. The molecule has 4 aromatic heterocycles. The molecule has 0 amide bonds. The average molecular weight is 448 g/mol. The van der Waals surface area contributed by atoms with Gasteiger partial charge in [0.25, 0.3) is 0 Å². The summed E-state index contributed by atoms with van der Waals surface area (Å²) >= 11 is 1.64. The first-order valence-electron chi connectivity index (χ1n) is 10.3. The van der Waals surface area contributed by atoms with E-state index in [-0.39, 0.29) is 0 Å². The van der Waals surface area contributed by atoms with Crippen molar-refractivity contribution in [3.63, 3.8) is 0 Å². The van der Waals surface area contributed by atoms with Crippen molar-refractivity contribution in [2.24, 2.45) is 0 Å². The van der Waals surface area contributed by atoms with Crippen molar-refractivity contribution < 1.29 is 4.74 Å². The number of nitrogen functional groups attached to an aromatic ring is 1. The van der Waals surface area contributed by atoms with Gasteiger partial charge in [-0.2, -0.15) is 21.3 Å². The van der Waals surface area contributed by atoms with Crippen LogP contribution in [0.1, 0.15) is 5.82 Å². The molecule has 11 heteroatoms. The van der Waals surface area contributed by atoms with Crippen LogP contribution >= 0.6 is 11.3 Å². The highest BCUT2D eigenvalue weighted by Crippen LogP contribution is 2.27. The summed E-state index contributed by atoms with van der Waals surface area (Å²) in [5, 5.41) is 7.52. The zero-order valence-corrected chi connectivity index (χ0v) is 18.0. The molecule has 0 atom stereocenters. The Kier molecular flexibility index (Phi) is 4.62. The van der Waals surface area contributed by atoms with Gasteiger partial charge in [0.05, 0.1) is 36.6 Å². The van der Waals surface area contributed by atoms with Gasteiger partial charge >= 0.3 is 0 Å². The molecule has 0 saturated carbocycles. The van der Waals surface area contributed by atoms with Crippen LogP contribution in [0, 0.1) is 0 Å². The number of H-pyrrole nitrogens is 1. The average Bonchev–Trinajstić information content (AvgIpc) is 3.57. The molecule has 162 valence electrons. The lowest BCUT2D eigenvalue weighted by Crippen LogP contribution is -2.37. The van der Waals surface area contributed by atoms with Crippen molar-refractivity contribution in [3.05, 3.63) is 47.2 Å². The Hall–Kier alpha value is -3.70. The van der Waals surface area contributed by atoms with Gasteiger partial charge in [-0.1, -0.05) is 6.07 Å².